The number of sulfonamides is 1. The maximum atomic E-state index is 12.6. The van der Waals surface area contributed by atoms with Gasteiger partial charge in [-0.2, -0.15) is 0 Å². The predicted molar refractivity (Wildman–Crippen MR) is 104 cm³/mol. The summed E-state index contributed by atoms with van der Waals surface area (Å²) in [5.41, 5.74) is 0.272. The molecule has 0 unspecified atom stereocenters. The maximum absolute atomic E-state index is 12.6. The molecule has 146 valence electrons. The summed E-state index contributed by atoms with van der Waals surface area (Å²) >= 11 is 0. The number of anilines is 1. The number of hydrogen-bond acceptors (Lipinski definition) is 6. The third kappa shape index (κ3) is 5.14. The predicted octanol–water partition coefficient (Wildman–Crippen LogP) is 1.44. The van der Waals surface area contributed by atoms with Gasteiger partial charge in [0.15, 0.2) is 0 Å². The van der Waals surface area contributed by atoms with Gasteiger partial charge < -0.3 is 4.90 Å². The van der Waals surface area contributed by atoms with E-state index in [1.54, 1.807) is 16.7 Å². The quantitative estimate of drug-likeness (QED) is 0.743. The minimum Gasteiger partial charge on any atom is -0.338 e. The molecule has 0 saturated carbocycles. The summed E-state index contributed by atoms with van der Waals surface area (Å²) < 4.78 is 26.8. The molecule has 0 amide bonds. The largest absolute Gasteiger partial charge is 0.338 e. The Morgan fingerprint density at radius 2 is 1.62 bits per heavy atom. The molecule has 3 heterocycles. The first-order chi connectivity index (χ1) is 12.4. The fourth-order valence-electron chi connectivity index (χ4n) is 3.60. The number of piperazine rings is 1. The number of aromatic nitrogens is 2. The van der Waals surface area contributed by atoms with Crippen LogP contribution in [0.3, 0.4) is 0 Å². The molecular weight excluding hydrogens is 350 g/mol. The molecule has 2 aliphatic rings. The van der Waals surface area contributed by atoms with Crippen molar-refractivity contribution in [1.82, 2.24) is 19.2 Å². The summed E-state index contributed by atoms with van der Waals surface area (Å²) in [6, 6.07) is 1.82. The molecule has 0 N–H and O–H groups in total. The fraction of sp³-hybridized carbons (Fsp3) is 0.778. The molecule has 0 aliphatic carbocycles. The average Bonchev–Trinajstić information content (AvgIpc) is 2.62. The molecule has 0 spiro atoms. The van der Waals surface area contributed by atoms with Crippen LogP contribution in [0.1, 0.15) is 33.1 Å². The van der Waals surface area contributed by atoms with Crippen molar-refractivity contribution < 1.29 is 8.42 Å². The Morgan fingerprint density at radius 3 is 2.23 bits per heavy atom. The van der Waals surface area contributed by atoms with Crippen LogP contribution in [0.25, 0.3) is 0 Å². The van der Waals surface area contributed by atoms with Crippen molar-refractivity contribution in [2.75, 3.05) is 56.5 Å². The summed E-state index contributed by atoms with van der Waals surface area (Å²) in [6.07, 6.45) is 6.14. The Hall–Kier alpha value is -1.25. The molecular formula is C18H31N5O2S. The first-order valence-corrected chi connectivity index (χ1v) is 11.2. The summed E-state index contributed by atoms with van der Waals surface area (Å²) in [5, 5.41) is 0. The van der Waals surface area contributed by atoms with Crippen LogP contribution < -0.4 is 4.90 Å². The van der Waals surface area contributed by atoms with E-state index in [-0.39, 0.29) is 11.2 Å². The van der Waals surface area contributed by atoms with E-state index in [9.17, 15) is 8.42 Å². The number of hydrogen-bond donors (Lipinski definition) is 0. The monoisotopic (exact) mass is 381 g/mol. The van der Waals surface area contributed by atoms with Crippen molar-refractivity contribution in [2.45, 2.75) is 33.1 Å². The minimum atomic E-state index is -3.11. The zero-order valence-electron chi connectivity index (χ0n) is 16.0. The molecule has 0 aromatic carbocycles. The van der Waals surface area contributed by atoms with Crippen molar-refractivity contribution in [1.29, 1.82) is 0 Å². The van der Waals surface area contributed by atoms with Gasteiger partial charge in [-0.3, -0.25) is 4.90 Å². The second kappa shape index (κ2) is 8.19. The second-order valence-electron chi connectivity index (χ2n) is 8.11. The highest BCUT2D eigenvalue weighted by Gasteiger charge is 2.31. The van der Waals surface area contributed by atoms with Gasteiger partial charge in [0.2, 0.25) is 16.0 Å². The SMILES string of the molecule is CC1(C)CCN(S(=O)(=O)CCCN2CCN(c3ncccn3)CC2)CC1. The van der Waals surface area contributed by atoms with E-state index < -0.39 is 10.0 Å². The van der Waals surface area contributed by atoms with Gasteiger partial charge >= 0.3 is 0 Å². The van der Waals surface area contributed by atoms with Crippen molar-refractivity contribution in [3.05, 3.63) is 18.5 Å². The van der Waals surface area contributed by atoms with Gasteiger partial charge in [0.1, 0.15) is 0 Å². The maximum Gasteiger partial charge on any atom is 0.225 e. The lowest BCUT2D eigenvalue weighted by atomic mass is 9.83. The highest BCUT2D eigenvalue weighted by Crippen LogP contribution is 2.31. The van der Waals surface area contributed by atoms with E-state index in [0.717, 1.165) is 51.5 Å². The van der Waals surface area contributed by atoms with Crippen molar-refractivity contribution in [3.8, 4) is 0 Å². The number of rotatable bonds is 6. The van der Waals surface area contributed by atoms with E-state index in [0.29, 0.717) is 19.5 Å². The molecule has 0 bridgehead atoms. The van der Waals surface area contributed by atoms with Crippen LogP contribution in [0, 0.1) is 5.41 Å². The van der Waals surface area contributed by atoms with Crippen molar-refractivity contribution in [2.24, 2.45) is 5.41 Å². The molecule has 8 heteroatoms. The highest BCUT2D eigenvalue weighted by molar-refractivity contribution is 7.89. The molecule has 2 saturated heterocycles. The van der Waals surface area contributed by atoms with Gasteiger partial charge in [0, 0.05) is 51.7 Å². The summed E-state index contributed by atoms with van der Waals surface area (Å²) in [6.45, 7) is 10.2. The van der Waals surface area contributed by atoms with Gasteiger partial charge in [-0.25, -0.2) is 22.7 Å². The third-order valence-corrected chi connectivity index (χ3v) is 7.51. The van der Waals surface area contributed by atoms with Gasteiger partial charge in [-0.05, 0) is 37.3 Å². The molecule has 0 radical (unpaired) electrons. The van der Waals surface area contributed by atoms with Crippen molar-refractivity contribution >= 4 is 16.0 Å². The standard InChI is InChI=1S/C18H31N5O2S/c1-18(2)5-10-23(11-6-18)26(24,25)16-4-9-21-12-14-22(15-13-21)17-19-7-3-8-20-17/h3,7-8H,4-6,9-16H2,1-2H3. The van der Waals surface area contributed by atoms with E-state index in [4.69, 9.17) is 0 Å². The molecule has 2 fully saturated rings. The van der Waals surface area contributed by atoms with Gasteiger partial charge in [0.25, 0.3) is 0 Å². The van der Waals surface area contributed by atoms with E-state index >= 15 is 0 Å². The second-order valence-corrected chi connectivity index (χ2v) is 10.2. The van der Waals surface area contributed by atoms with Crippen LogP contribution in [-0.2, 0) is 10.0 Å². The van der Waals surface area contributed by atoms with E-state index in [1.807, 2.05) is 6.07 Å². The lowest BCUT2D eigenvalue weighted by Crippen LogP contribution is -2.47. The van der Waals surface area contributed by atoms with Crippen LogP contribution in [0.15, 0.2) is 18.5 Å². The zero-order chi connectivity index (χ0) is 18.6. The zero-order valence-corrected chi connectivity index (χ0v) is 16.8. The average molecular weight is 382 g/mol. The smallest absolute Gasteiger partial charge is 0.225 e. The molecule has 1 aromatic rings. The lowest BCUT2D eigenvalue weighted by molar-refractivity contribution is 0.195. The summed E-state index contributed by atoms with van der Waals surface area (Å²) in [5.74, 6) is 1.04. The van der Waals surface area contributed by atoms with Crippen LogP contribution in [0.2, 0.25) is 0 Å². The fourth-order valence-corrected chi connectivity index (χ4v) is 5.09. The molecule has 0 atom stereocenters. The molecule has 3 rings (SSSR count). The van der Waals surface area contributed by atoms with Crippen LogP contribution in [0.5, 0.6) is 0 Å². The lowest BCUT2D eigenvalue weighted by Gasteiger charge is -2.36. The Bertz CT molecular complexity index is 662. The Balaban J connectivity index is 1.39. The van der Waals surface area contributed by atoms with Gasteiger partial charge in [0.05, 0.1) is 5.75 Å². The Kier molecular flexibility index (Phi) is 6.14. The molecule has 26 heavy (non-hydrogen) atoms. The number of nitrogens with zero attached hydrogens (tertiary/aromatic N) is 5. The first kappa shape index (κ1) is 19.5. The molecule has 1 aromatic heterocycles. The Morgan fingerprint density at radius 1 is 1.00 bits per heavy atom. The minimum absolute atomic E-state index is 0.259. The van der Waals surface area contributed by atoms with E-state index in [2.05, 4.69) is 33.6 Å². The topological polar surface area (TPSA) is 69.6 Å². The first-order valence-electron chi connectivity index (χ1n) is 9.58. The summed E-state index contributed by atoms with van der Waals surface area (Å²) in [4.78, 5) is 13.1. The Labute approximate surface area is 157 Å². The number of piperidine rings is 1. The highest BCUT2D eigenvalue weighted by atomic mass is 32.2. The van der Waals surface area contributed by atoms with Crippen molar-refractivity contribution in [3.63, 3.8) is 0 Å². The van der Waals surface area contributed by atoms with Crippen LogP contribution >= 0.6 is 0 Å². The molecule has 7 nitrogen and oxygen atoms in total. The molecule has 2 aliphatic heterocycles. The van der Waals surface area contributed by atoms with Gasteiger partial charge in [-0.15, -0.1) is 0 Å². The third-order valence-electron chi connectivity index (χ3n) is 5.55. The van der Waals surface area contributed by atoms with Gasteiger partial charge in [-0.1, -0.05) is 13.8 Å². The van der Waals surface area contributed by atoms with E-state index in [1.165, 1.54) is 0 Å². The normalized spacial score (nSPS) is 22.5. The summed E-state index contributed by atoms with van der Waals surface area (Å²) in [7, 11) is -3.11. The van der Waals surface area contributed by atoms with Crippen LogP contribution in [0.4, 0.5) is 5.95 Å². The van der Waals surface area contributed by atoms with Crippen LogP contribution in [-0.4, -0.2) is 79.2 Å².